The summed E-state index contributed by atoms with van der Waals surface area (Å²) < 4.78 is 15.2. The number of rotatable bonds is 3. The van der Waals surface area contributed by atoms with Crippen LogP contribution in [0.2, 0.25) is 0 Å². The van der Waals surface area contributed by atoms with Gasteiger partial charge in [-0.15, -0.1) is 0 Å². The molecule has 0 spiro atoms. The van der Waals surface area contributed by atoms with Gasteiger partial charge in [0, 0.05) is 42.9 Å². The fourth-order valence-electron chi connectivity index (χ4n) is 4.93. The van der Waals surface area contributed by atoms with Gasteiger partial charge in [0.05, 0.1) is 17.4 Å². The molecule has 0 bridgehead atoms. The summed E-state index contributed by atoms with van der Waals surface area (Å²) in [5, 5.41) is 3.23. The van der Waals surface area contributed by atoms with E-state index in [9.17, 15) is 14.0 Å². The minimum Gasteiger partial charge on any atom is -0.330 e. The maximum atomic E-state index is 13.7. The van der Waals surface area contributed by atoms with Gasteiger partial charge in [-0.05, 0) is 57.7 Å². The molecule has 4 heterocycles. The van der Waals surface area contributed by atoms with Gasteiger partial charge in [0.1, 0.15) is 5.82 Å². The topological polar surface area (TPSA) is 73.7 Å². The molecule has 1 saturated heterocycles. The fourth-order valence-corrected chi connectivity index (χ4v) is 4.93. The van der Waals surface area contributed by atoms with Crippen molar-refractivity contribution in [2.75, 3.05) is 13.1 Å². The van der Waals surface area contributed by atoms with Crippen molar-refractivity contribution >= 4 is 11.6 Å². The zero-order chi connectivity index (χ0) is 22.4. The second-order valence-electron chi connectivity index (χ2n) is 9.08. The number of nitrogens with one attached hydrogen (secondary N) is 1. The first-order valence-corrected chi connectivity index (χ1v) is 11.4. The summed E-state index contributed by atoms with van der Waals surface area (Å²) in [7, 11) is 0. The van der Waals surface area contributed by atoms with Gasteiger partial charge in [0.25, 0.3) is 11.5 Å². The Morgan fingerprint density at radius 2 is 2.06 bits per heavy atom. The van der Waals surface area contributed by atoms with Gasteiger partial charge in [-0.25, -0.2) is 13.9 Å². The molecule has 0 radical (unpaired) electrons. The average molecular weight is 438 g/mol. The highest BCUT2D eigenvalue weighted by Crippen LogP contribution is 2.32. The van der Waals surface area contributed by atoms with Crippen LogP contribution in [0.15, 0.2) is 35.1 Å². The normalized spacial score (nSPS) is 19.5. The molecule has 1 atom stereocenters. The van der Waals surface area contributed by atoms with Gasteiger partial charge < -0.3 is 4.90 Å². The van der Waals surface area contributed by atoms with Gasteiger partial charge in [0.15, 0.2) is 5.65 Å². The molecule has 5 rings (SSSR count). The maximum absolute atomic E-state index is 13.7. The quantitative estimate of drug-likeness (QED) is 0.682. The molecule has 1 N–H and O–H groups in total. The Bertz CT molecular complexity index is 1230. The minimum atomic E-state index is -0.424. The lowest BCUT2D eigenvalue weighted by molar-refractivity contribution is 0.0605. The largest absolute Gasteiger partial charge is 0.330 e. The molecule has 2 aliphatic rings. The van der Waals surface area contributed by atoms with E-state index in [1.165, 1.54) is 16.6 Å². The summed E-state index contributed by atoms with van der Waals surface area (Å²) in [6, 6.07) is 7.89. The second-order valence-corrected chi connectivity index (χ2v) is 9.08. The number of benzene rings is 1. The molecule has 32 heavy (non-hydrogen) atoms. The van der Waals surface area contributed by atoms with Gasteiger partial charge in [0.2, 0.25) is 0 Å². The standard InChI is InChI=1S/C24H28FN5O2/c1-15(2)28-11-9-18-20(14-28)26-22-13-19(27-30(22)24(18)32)21-8-3-4-10-29(21)23(31)16-6-5-7-17(25)12-16/h5-7,12-13,15,21,27H,3-4,8-11,14H2,1-2H3. The molecule has 7 nitrogen and oxygen atoms in total. The summed E-state index contributed by atoms with van der Waals surface area (Å²) in [5.74, 6) is -0.619. The number of fused-ring (bicyclic) bond motifs is 2. The number of likely N-dealkylation sites (tertiary alicyclic amines) is 1. The lowest BCUT2D eigenvalue weighted by atomic mass is 9.98. The molecule has 0 aliphatic carbocycles. The Morgan fingerprint density at radius 3 is 2.84 bits per heavy atom. The summed E-state index contributed by atoms with van der Waals surface area (Å²) in [6.45, 7) is 6.42. The highest BCUT2D eigenvalue weighted by Gasteiger charge is 2.31. The van der Waals surface area contributed by atoms with Crippen molar-refractivity contribution in [2.45, 2.75) is 58.2 Å². The Kier molecular flexibility index (Phi) is 5.33. The van der Waals surface area contributed by atoms with E-state index >= 15 is 0 Å². The third-order valence-electron chi connectivity index (χ3n) is 6.74. The highest BCUT2D eigenvalue weighted by atomic mass is 19.1. The molecule has 168 valence electrons. The van der Waals surface area contributed by atoms with Crippen molar-refractivity contribution in [3.8, 4) is 0 Å². The Hall–Kier alpha value is -3.00. The Morgan fingerprint density at radius 1 is 1.22 bits per heavy atom. The van der Waals surface area contributed by atoms with Crippen molar-refractivity contribution < 1.29 is 9.18 Å². The van der Waals surface area contributed by atoms with Gasteiger partial charge in [-0.2, -0.15) is 0 Å². The number of carbonyl (C=O) groups is 1. The van der Waals surface area contributed by atoms with Crippen LogP contribution in [0.4, 0.5) is 4.39 Å². The number of H-pyrrole nitrogens is 1. The van der Waals surface area contributed by atoms with E-state index in [1.54, 1.807) is 17.0 Å². The zero-order valence-electron chi connectivity index (χ0n) is 18.5. The summed E-state index contributed by atoms with van der Waals surface area (Å²) in [6.07, 6.45) is 3.35. The van der Waals surface area contributed by atoms with Crippen LogP contribution in [0.1, 0.15) is 66.5 Å². The number of nitrogens with zero attached hydrogens (tertiary/aromatic N) is 4. The summed E-state index contributed by atoms with van der Waals surface area (Å²) in [5.41, 5.74) is 3.27. The highest BCUT2D eigenvalue weighted by molar-refractivity contribution is 5.94. The number of hydrogen-bond acceptors (Lipinski definition) is 4. The van der Waals surface area contributed by atoms with Crippen LogP contribution < -0.4 is 5.56 Å². The molecule has 3 aromatic rings. The van der Waals surface area contributed by atoms with Gasteiger partial charge in [-0.3, -0.25) is 19.6 Å². The lowest BCUT2D eigenvalue weighted by Crippen LogP contribution is -2.40. The first-order chi connectivity index (χ1) is 15.4. The van der Waals surface area contributed by atoms with Crippen LogP contribution >= 0.6 is 0 Å². The van der Waals surface area contributed by atoms with Crippen LogP contribution in [-0.2, 0) is 13.0 Å². The number of aromatic nitrogens is 3. The number of amides is 1. The lowest BCUT2D eigenvalue weighted by Gasteiger charge is -2.35. The minimum absolute atomic E-state index is 0.0570. The van der Waals surface area contributed by atoms with E-state index in [2.05, 4.69) is 23.8 Å². The second kappa shape index (κ2) is 8.16. The molecular formula is C24H28FN5O2. The van der Waals surface area contributed by atoms with Crippen LogP contribution in [-0.4, -0.2) is 49.4 Å². The van der Waals surface area contributed by atoms with E-state index in [4.69, 9.17) is 4.98 Å². The molecule has 2 aromatic heterocycles. The van der Waals surface area contributed by atoms with E-state index in [1.807, 2.05) is 6.07 Å². The van der Waals surface area contributed by atoms with Crippen LogP contribution in [0.3, 0.4) is 0 Å². The molecule has 1 unspecified atom stereocenters. The van der Waals surface area contributed by atoms with E-state index in [0.717, 1.165) is 42.8 Å². The number of aromatic amines is 1. The smallest absolute Gasteiger partial charge is 0.276 e. The molecule has 2 aliphatic heterocycles. The SMILES string of the molecule is CC(C)N1CCc2c(nc3cc(C4CCCCN4C(=O)c4cccc(F)c4)[nH]n3c2=O)C1. The summed E-state index contributed by atoms with van der Waals surface area (Å²) >= 11 is 0. The number of carbonyl (C=O) groups excluding carboxylic acids is 1. The summed E-state index contributed by atoms with van der Waals surface area (Å²) in [4.78, 5) is 35.3. The predicted molar refractivity (Wildman–Crippen MR) is 119 cm³/mol. The fraction of sp³-hybridized carbons (Fsp3) is 0.458. The average Bonchev–Trinajstić information content (AvgIpc) is 3.22. The number of halogens is 1. The van der Waals surface area contributed by atoms with Crippen molar-refractivity contribution in [1.29, 1.82) is 0 Å². The predicted octanol–water partition coefficient (Wildman–Crippen LogP) is 3.30. The van der Waals surface area contributed by atoms with Crippen molar-refractivity contribution in [1.82, 2.24) is 24.4 Å². The van der Waals surface area contributed by atoms with E-state index < -0.39 is 5.82 Å². The van der Waals surface area contributed by atoms with Gasteiger partial charge in [-0.1, -0.05) is 6.07 Å². The number of hydrogen-bond donors (Lipinski definition) is 1. The Labute approximate surface area is 185 Å². The van der Waals surface area contributed by atoms with Crippen molar-refractivity contribution in [3.63, 3.8) is 0 Å². The zero-order valence-corrected chi connectivity index (χ0v) is 18.5. The molecule has 1 amide bonds. The van der Waals surface area contributed by atoms with Crippen LogP contribution in [0.5, 0.6) is 0 Å². The third-order valence-corrected chi connectivity index (χ3v) is 6.74. The third kappa shape index (κ3) is 3.62. The van der Waals surface area contributed by atoms with Gasteiger partial charge >= 0.3 is 0 Å². The Balaban J connectivity index is 1.51. The van der Waals surface area contributed by atoms with Crippen molar-refractivity contribution in [2.24, 2.45) is 0 Å². The monoisotopic (exact) mass is 437 g/mol. The molecule has 1 aromatic carbocycles. The number of piperidine rings is 1. The van der Waals surface area contributed by atoms with E-state index in [-0.39, 0.29) is 17.5 Å². The van der Waals surface area contributed by atoms with Crippen molar-refractivity contribution in [3.05, 3.63) is 69.0 Å². The molecular weight excluding hydrogens is 409 g/mol. The molecule has 1 fully saturated rings. The maximum Gasteiger partial charge on any atom is 0.276 e. The molecule has 8 heteroatoms. The van der Waals surface area contributed by atoms with Crippen LogP contribution in [0.25, 0.3) is 5.65 Å². The first-order valence-electron chi connectivity index (χ1n) is 11.4. The molecule has 0 saturated carbocycles. The first kappa shape index (κ1) is 20.9. The van der Waals surface area contributed by atoms with Crippen LogP contribution in [0, 0.1) is 5.82 Å². The van der Waals surface area contributed by atoms with E-state index in [0.29, 0.717) is 36.8 Å².